The van der Waals surface area contributed by atoms with Gasteiger partial charge in [-0.2, -0.15) is 18.4 Å². The van der Waals surface area contributed by atoms with Gasteiger partial charge in [-0.15, -0.1) is 0 Å². The average molecular weight is 496 g/mol. The number of benzene rings is 2. The summed E-state index contributed by atoms with van der Waals surface area (Å²) in [6.45, 7) is 0.638. The maximum Gasteiger partial charge on any atom is 0.459 e. The van der Waals surface area contributed by atoms with E-state index in [1.165, 1.54) is 4.90 Å². The fourth-order valence-corrected chi connectivity index (χ4v) is 3.27. The van der Waals surface area contributed by atoms with E-state index in [-0.39, 0.29) is 19.7 Å². The summed E-state index contributed by atoms with van der Waals surface area (Å²) in [7, 11) is 4.28. The van der Waals surface area contributed by atoms with Crippen LogP contribution in [0.25, 0.3) is 11.1 Å². The molecule has 0 radical (unpaired) electrons. The highest BCUT2D eigenvalue weighted by Crippen LogP contribution is 2.32. The molecule has 0 atom stereocenters. The number of rotatable bonds is 6. The van der Waals surface area contributed by atoms with Gasteiger partial charge >= 0.3 is 6.30 Å². The van der Waals surface area contributed by atoms with Gasteiger partial charge < -0.3 is 19.5 Å². The molecule has 7 nitrogen and oxygen atoms in total. The summed E-state index contributed by atoms with van der Waals surface area (Å²) in [6, 6.07) is 16.0. The van der Waals surface area contributed by atoms with Gasteiger partial charge in [-0.3, -0.25) is 4.79 Å². The molecular formula is C25H32F3N3O4. The Kier molecular flexibility index (Phi) is 13.4. The van der Waals surface area contributed by atoms with Crippen LogP contribution in [0.3, 0.4) is 0 Å². The first-order valence-electron chi connectivity index (χ1n) is 11.0. The maximum absolute atomic E-state index is 12.0. The zero-order chi connectivity index (χ0) is 26.3. The van der Waals surface area contributed by atoms with E-state index in [1.807, 2.05) is 42.5 Å². The highest BCUT2D eigenvalue weighted by Gasteiger charge is 2.36. The van der Waals surface area contributed by atoms with E-state index in [2.05, 4.69) is 6.07 Å². The lowest BCUT2D eigenvalue weighted by atomic mass is 10.0. The van der Waals surface area contributed by atoms with Gasteiger partial charge in [0.2, 0.25) is 6.41 Å². The second kappa shape index (κ2) is 15.7. The molecule has 1 fully saturated rings. The smallest absolute Gasteiger partial charge is 0.459 e. The van der Waals surface area contributed by atoms with Gasteiger partial charge in [0.25, 0.3) is 0 Å². The van der Waals surface area contributed by atoms with Gasteiger partial charge in [0.1, 0.15) is 5.75 Å². The summed E-state index contributed by atoms with van der Waals surface area (Å²) in [5.41, 5.74) is 3.94. The third-order valence-corrected chi connectivity index (χ3v) is 5.11. The van der Waals surface area contributed by atoms with Gasteiger partial charge in [-0.05, 0) is 41.7 Å². The van der Waals surface area contributed by atoms with Crippen LogP contribution in [0.1, 0.15) is 18.4 Å². The van der Waals surface area contributed by atoms with Crippen molar-refractivity contribution in [1.82, 2.24) is 4.90 Å². The monoisotopic (exact) mass is 495 g/mol. The van der Waals surface area contributed by atoms with Crippen molar-refractivity contribution >= 4 is 12.1 Å². The van der Waals surface area contributed by atoms with E-state index < -0.39 is 6.30 Å². The number of amides is 1. The highest BCUT2D eigenvalue weighted by molar-refractivity contribution is 5.82. The van der Waals surface area contributed by atoms with E-state index in [4.69, 9.17) is 19.8 Å². The molecule has 0 bridgehead atoms. The number of carbonyl (C=O) groups is 1. The number of hydrogen-bond acceptors (Lipinski definition) is 6. The van der Waals surface area contributed by atoms with E-state index in [1.54, 1.807) is 14.2 Å². The van der Waals surface area contributed by atoms with Crippen molar-refractivity contribution in [3.8, 4) is 22.9 Å². The average Bonchev–Trinajstić information content (AvgIpc) is 3.19. The summed E-state index contributed by atoms with van der Waals surface area (Å²) in [4.78, 5) is 13.0. The SMILES string of the molecule is CO.COc1ccc(-c2ccc(CCC#N)cc2)cc1N(C)C=O.FC(F)(F)N1CCCOCC1. The topological polar surface area (TPSA) is 86.0 Å². The van der Waals surface area contributed by atoms with Crippen molar-refractivity contribution in [2.45, 2.75) is 25.6 Å². The van der Waals surface area contributed by atoms with Crippen molar-refractivity contribution in [2.75, 3.05) is 52.5 Å². The molecule has 0 unspecified atom stereocenters. The van der Waals surface area contributed by atoms with Crippen LogP contribution in [0.2, 0.25) is 0 Å². The zero-order valence-electron chi connectivity index (χ0n) is 20.2. The lowest BCUT2D eigenvalue weighted by Gasteiger charge is -2.21. The number of alkyl halides is 3. The third-order valence-electron chi connectivity index (χ3n) is 5.11. The number of carbonyl (C=O) groups excluding carboxylic acids is 1. The number of aliphatic hydroxyl groups excluding tert-OH is 1. The lowest BCUT2D eigenvalue weighted by molar-refractivity contribution is -0.244. The normalized spacial score (nSPS) is 13.7. The zero-order valence-corrected chi connectivity index (χ0v) is 20.2. The fourth-order valence-electron chi connectivity index (χ4n) is 3.27. The summed E-state index contributed by atoms with van der Waals surface area (Å²) in [6.07, 6.45) is -1.69. The maximum atomic E-state index is 12.0. The Labute approximate surface area is 204 Å². The Balaban J connectivity index is 0.000000395. The van der Waals surface area contributed by atoms with Gasteiger partial charge in [0.15, 0.2) is 0 Å². The van der Waals surface area contributed by atoms with Crippen LogP contribution in [-0.4, -0.2) is 70.3 Å². The molecule has 10 heteroatoms. The van der Waals surface area contributed by atoms with Gasteiger partial charge in [-0.25, -0.2) is 4.90 Å². The molecule has 0 saturated carbocycles. The quantitative estimate of drug-likeness (QED) is 0.477. The second-order valence-electron chi connectivity index (χ2n) is 7.38. The Morgan fingerprint density at radius 3 is 2.37 bits per heavy atom. The Hall–Kier alpha value is -3.13. The number of aliphatic hydroxyl groups is 1. The predicted molar refractivity (Wildman–Crippen MR) is 128 cm³/mol. The Morgan fingerprint density at radius 2 is 1.80 bits per heavy atom. The van der Waals surface area contributed by atoms with Gasteiger partial charge in [0.05, 0.1) is 25.5 Å². The first-order chi connectivity index (χ1) is 16.8. The molecule has 2 aromatic carbocycles. The van der Waals surface area contributed by atoms with Crippen LogP contribution < -0.4 is 9.64 Å². The predicted octanol–water partition coefficient (Wildman–Crippen LogP) is 4.25. The van der Waals surface area contributed by atoms with Crippen LogP contribution >= 0.6 is 0 Å². The van der Waals surface area contributed by atoms with Crippen molar-refractivity contribution in [1.29, 1.82) is 5.26 Å². The van der Waals surface area contributed by atoms with Crippen molar-refractivity contribution in [2.24, 2.45) is 0 Å². The van der Waals surface area contributed by atoms with Crippen LogP contribution in [0.5, 0.6) is 5.75 Å². The second-order valence-corrected chi connectivity index (χ2v) is 7.38. The lowest BCUT2D eigenvalue weighted by Crippen LogP contribution is -2.39. The molecule has 3 rings (SSSR count). The number of nitriles is 1. The van der Waals surface area contributed by atoms with Crippen molar-refractivity contribution < 1.29 is 32.5 Å². The number of halogens is 3. The van der Waals surface area contributed by atoms with E-state index in [0.29, 0.717) is 30.1 Å². The van der Waals surface area contributed by atoms with Crippen LogP contribution in [0, 0.1) is 11.3 Å². The molecular weight excluding hydrogens is 463 g/mol. The number of ether oxygens (including phenoxy) is 2. The highest BCUT2D eigenvalue weighted by atomic mass is 19.4. The summed E-state index contributed by atoms with van der Waals surface area (Å²) < 4.78 is 46.1. The number of nitrogens with zero attached hydrogens (tertiary/aromatic N) is 3. The fraction of sp³-hybridized carbons (Fsp3) is 0.440. The van der Waals surface area contributed by atoms with Gasteiger partial charge in [0, 0.05) is 40.3 Å². The molecule has 1 aliphatic rings. The molecule has 1 N–H and O–H groups in total. The molecule has 0 spiro atoms. The summed E-state index contributed by atoms with van der Waals surface area (Å²) in [5, 5.41) is 15.6. The van der Waals surface area contributed by atoms with Crippen LogP contribution in [-0.2, 0) is 16.0 Å². The number of hydrogen-bond donors (Lipinski definition) is 1. The first-order valence-corrected chi connectivity index (χ1v) is 11.0. The molecule has 2 aromatic rings. The third kappa shape index (κ3) is 9.94. The summed E-state index contributed by atoms with van der Waals surface area (Å²) in [5.74, 6) is 0.656. The Morgan fingerprint density at radius 1 is 1.14 bits per heavy atom. The van der Waals surface area contributed by atoms with Crippen molar-refractivity contribution in [3.63, 3.8) is 0 Å². The van der Waals surface area contributed by atoms with Gasteiger partial charge in [-0.1, -0.05) is 30.3 Å². The number of aryl methyl sites for hydroxylation is 1. The molecule has 1 amide bonds. The van der Waals surface area contributed by atoms with E-state index in [0.717, 1.165) is 42.3 Å². The summed E-state index contributed by atoms with van der Waals surface area (Å²) >= 11 is 0. The van der Waals surface area contributed by atoms with Crippen LogP contribution in [0.4, 0.5) is 18.9 Å². The standard InChI is InChI=1S/C18H18N2O2.C6H10F3NO.CH4O/c1-20(13-21)17-12-16(9-10-18(17)22-2)15-7-5-14(6-8-15)4-3-11-19;7-6(8,9)10-2-1-4-11-5-3-10;1-2/h5-10,12-13H,3-4H2,1-2H3;1-5H2;2H,1H3. The molecule has 1 saturated heterocycles. The van der Waals surface area contributed by atoms with E-state index in [9.17, 15) is 18.0 Å². The van der Waals surface area contributed by atoms with Crippen LogP contribution in [0.15, 0.2) is 42.5 Å². The largest absolute Gasteiger partial charge is 0.495 e. The first kappa shape index (κ1) is 29.9. The molecule has 35 heavy (non-hydrogen) atoms. The Bertz CT molecular complexity index is 923. The molecule has 0 aliphatic carbocycles. The minimum Gasteiger partial charge on any atom is -0.495 e. The minimum absolute atomic E-state index is 0.0382. The minimum atomic E-state index is -4.19. The van der Waals surface area contributed by atoms with Crippen molar-refractivity contribution in [3.05, 3.63) is 48.0 Å². The molecule has 192 valence electrons. The molecule has 0 aromatic heterocycles. The number of anilines is 1. The molecule has 1 heterocycles. The number of methoxy groups -OCH3 is 1. The molecule has 1 aliphatic heterocycles. The van der Waals surface area contributed by atoms with E-state index >= 15 is 0 Å².